The number of hydrogen-bond donors (Lipinski definition) is 1. The van der Waals surface area contributed by atoms with Gasteiger partial charge in [0.15, 0.2) is 11.3 Å². The normalized spacial score (nSPS) is 11.1. The minimum Gasteiger partial charge on any atom is -0.289 e. The van der Waals surface area contributed by atoms with E-state index in [9.17, 15) is 4.79 Å². The number of imidazole rings is 1. The molecule has 0 amide bonds. The van der Waals surface area contributed by atoms with Gasteiger partial charge in [0.25, 0.3) is 0 Å². The Morgan fingerprint density at radius 1 is 1.14 bits per heavy atom. The lowest BCUT2D eigenvalue weighted by Crippen LogP contribution is -2.17. The summed E-state index contributed by atoms with van der Waals surface area (Å²) in [5.74, 6) is 0. The molecule has 0 bridgehead atoms. The van der Waals surface area contributed by atoms with Crippen LogP contribution in [0.25, 0.3) is 21.9 Å². The molecule has 0 aliphatic heterocycles. The molecule has 0 radical (unpaired) electrons. The topological polar surface area (TPSA) is 63.6 Å². The van der Waals surface area contributed by atoms with E-state index >= 15 is 0 Å². The van der Waals surface area contributed by atoms with Crippen molar-refractivity contribution >= 4 is 22.6 Å². The maximum atomic E-state index is 12.2. The second-order valence-electron chi connectivity index (χ2n) is 4.91. The van der Waals surface area contributed by atoms with E-state index in [0.29, 0.717) is 17.8 Å². The average molecular weight is 308 g/mol. The summed E-state index contributed by atoms with van der Waals surface area (Å²) in [4.78, 5) is 24.9. The molecule has 5 nitrogen and oxygen atoms in total. The van der Waals surface area contributed by atoms with Crippen LogP contribution in [0, 0.1) is 0 Å². The van der Waals surface area contributed by atoms with Crippen LogP contribution in [0.2, 0.25) is 0 Å². The number of aromatic nitrogens is 4. The smallest absolute Gasteiger partial charge is 0.289 e. The van der Waals surface area contributed by atoms with Crippen LogP contribution in [-0.2, 0) is 6.54 Å². The predicted molar refractivity (Wildman–Crippen MR) is 87.0 cm³/mol. The van der Waals surface area contributed by atoms with E-state index in [1.165, 1.54) is 0 Å². The van der Waals surface area contributed by atoms with Gasteiger partial charge in [-0.1, -0.05) is 36.4 Å². The van der Waals surface area contributed by atoms with Crippen molar-refractivity contribution in [1.29, 1.82) is 0 Å². The first-order chi connectivity index (χ1) is 10.8. The van der Waals surface area contributed by atoms with Gasteiger partial charge in [0, 0.05) is 0 Å². The Kier molecular flexibility index (Phi) is 3.08. The summed E-state index contributed by atoms with van der Waals surface area (Å²) in [7, 11) is 0. The first kappa shape index (κ1) is 13.0. The zero-order valence-corrected chi connectivity index (χ0v) is 12.4. The van der Waals surface area contributed by atoms with Crippen LogP contribution in [-0.4, -0.2) is 19.5 Å². The van der Waals surface area contributed by atoms with Crippen molar-refractivity contribution in [2.24, 2.45) is 0 Å². The Balaban J connectivity index is 1.85. The molecule has 0 aliphatic carbocycles. The van der Waals surface area contributed by atoms with E-state index in [1.807, 2.05) is 47.8 Å². The molecule has 4 aromatic rings. The average Bonchev–Trinajstić information content (AvgIpc) is 3.17. The first-order valence-corrected chi connectivity index (χ1v) is 7.72. The second kappa shape index (κ2) is 5.23. The Morgan fingerprint density at radius 2 is 2.00 bits per heavy atom. The van der Waals surface area contributed by atoms with E-state index in [0.717, 1.165) is 16.1 Å². The third-order valence-electron chi connectivity index (χ3n) is 3.44. The Hall–Kier alpha value is -2.73. The standard InChI is InChI=1S/C16H12N4OS/c21-16-19-14-15(20(16)10-11-5-2-1-3-6-11)18-12(9-17-14)13-7-4-8-22-13/h1-9H,10H2,(H,17,19,21). The van der Waals surface area contributed by atoms with Crippen molar-refractivity contribution in [3.8, 4) is 10.6 Å². The molecular formula is C16H12N4OS. The zero-order valence-electron chi connectivity index (χ0n) is 11.6. The lowest BCUT2D eigenvalue weighted by Gasteiger charge is -2.03. The minimum absolute atomic E-state index is 0.192. The highest BCUT2D eigenvalue weighted by Gasteiger charge is 2.12. The van der Waals surface area contributed by atoms with Gasteiger partial charge in [-0.3, -0.25) is 9.55 Å². The first-order valence-electron chi connectivity index (χ1n) is 6.84. The number of aromatic amines is 1. The summed E-state index contributed by atoms with van der Waals surface area (Å²) in [6.07, 6.45) is 1.69. The van der Waals surface area contributed by atoms with Crippen LogP contribution in [0.3, 0.4) is 0 Å². The molecule has 0 saturated heterocycles. The molecule has 0 atom stereocenters. The van der Waals surface area contributed by atoms with Crippen LogP contribution in [0.4, 0.5) is 0 Å². The number of nitrogens with zero attached hydrogens (tertiary/aromatic N) is 3. The Bertz CT molecular complexity index is 970. The molecule has 3 aromatic heterocycles. The highest BCUT2D eigenvalue weighted by Crippen LogP contribution is 2.23. The lowest BCUT2D eigenvalue weighted by atomic mass is 10.2. The molecule has 1 N–H and O–H groups in total. The molecule has 4 rings (SSSR count). The Morgan fingerprint density at radius 3 is 2.77 bits per heavy atom. The molecule has 0 spiro atoms. The fourth-order valence-electron chi connectivity index (χ4n) is 2.38. The third kappa shape index (κ3) is 2.23. The van der Waals surface area contributed by atoms with Crippen molar-refractivity contribution < 1.29 is 0 Å². The van der Waals surface area contributed by atoms with Gasteiger partial charge in [-0.2, -0.15) is 0 Å². The predicted octanol–water partition coefficient (Wildman–Crippen LogP) is 2.90. The lowest BCUT2D eigenvalue weighted by molar-refractivity contribution is 0.778. The van der Waals surface area contributed by atoms with Gasteiger partial charge in [0.1, 0.15) is 5.69 Å². The number of rotatable bonds is 3. The SMILES string of the molecule is O=c1[nH]c2ncc(-c3cccs3)nc2n1Cc1ccccc1. The number of hydrogen-bond acceptors (Lipinski definition) is 4. The number of benzene rings is 1. The molecule has 0 unspecified atom stereocenters. The Labute approximate surface area is 129 Å². The molecule has 0 saturated carbocycles. The van der Waals surface area contributed by atoms with Crippen molar-refractivity contribution in [3.05, 3.63) is 70.1 Å². The van der Waals surface area contributed by atoms with Gasteiger partial charge in [-0.15, -0.1) is 11.3 Å². The number of thiophene rings is 1. The van der Waals surface area contributed by atoms with Gasteiger partial charge in [0.05, 0.1) is 17.6 Å². The van der Waals surface area contributed by atoms with E-state index in [-0.39, 0.29) is 5.69 Å². The van der Waals surface area contributed by atoms with Gasteiger partial charge < -0.3 is 0 Å². The number of nitrogens with one attached hydrogen (secondary N) is 1. The monoisotopic (exact) mass is 308 g/mol. The molecule has 0 fully saturated rings. The maximum Gasteiger partial charge on any atom is 0.329 e. The summed E-state index contributed by atoms with van der Waals surface area (Å²) in [6.45, 7) is 0.474. The fraction of sp³-hybridized carbons (Fsp3) is 0.0625. The summed E-state index contributed by atoms with van der Waals surface area (Å²) in [6, 6.07) is 13.8. The van der Waals surface area contributed by atoms with Crippen LogP contribution in [0.1, 0.15) is 5.56 Å². The highest BCUT2D eigenvalue weighted by atomic mass is 32.1. The number of fused-ring (bicyclic) bond motifs is 1. The highest BCUT2D eigenvalue weighted by molar-refractivity contribution is 7.13. The molecule has 6 heteroatoms. The van der Waals surface area contributed by atoms with Crippen LogP contribution in [0.15, 0.2) is 58.8 Å². The molecule has 1 aromatic carbocycles. The van der Waals surface area contributed by atoms with E-state index in [2.05, 4.69) is 15.0 Å². The summed E-state index contributed by atoms with van der Waals surface area (Å²) < 4.78 is 1.62. The second-order valence-corrected chi connectivity index (χ2v) is 5.85. The van der Waals surface area contributed by atoms with Crippen molar-refractivity contribution in [2.45, 2.75) is 6.54 Å². The quantitative estimate of drug-likeness (QED) is 0.633. The molecular weight excluding hydrogens is 296 g/mol. The van der Waals surface area contributed by atoms with Crippen molar-refractivity contribution in [2.75, 3.05) is 0 Å². The maximum absolute atomic E-state index is 12.2. The van der Waals surface area contributed by atoms with E-state index in [4.69, 9.17) is 0 Å². The molecule has 3 heterocycles. The van der Waals surface area contributed by atoms with Gasteiger partial charge in [-0.05, 0) is 17.0 Å². The summed E-state index contributed by atoms with van der Waals surface area (Å²) in [5, 5.41) is 2.00. The van der Waals surface area contributed by atoms with E-state index < -0.39 is 0 Å². The summed E-state index contributed by atoms with van der Waals surface area (Å²) in [5.41, 5.74) is 2.74. The fourth-order valence-corrected chi connectivity index (χ4v) is 3.06. The number of H-pyrrole nitrogens is 1. The van der Waals surface area contributed by atoms with Crippen LogP contribution >= 0.6 is 11.3 Å². The zero-order chi connectivity index (χ0) is 14.9. The molecule has 108 valence electrons. The van der Waals surface area contributed by atoms with Gasteiger partial charge >= 0.3 is 5.69 Å². The largest absolute Gasteiger partial charge is 0.329 e. The minimum atomic E-state index is -0.192. The van der Waals surface area contributed by atoms with Gasteiger partial charge in [-0.25, -0.2) is 14.8 Å². The summed E-state index contributed by atoms with van der Waals surface area (Å²) >= 11 is 1.60. The van der Waals surface area contributed by atoms with Crippen molar-refractivity contribution in [1.82, 2.24) is 19.5 Å². The van der Waals surface area contributed by atoms with Gasteiger partial charge in [0.2, 0.25) is 0 Å². The van der Waals surface area contributed by atoms with Crippen molar-refractivity contribution in [3.63, 3.8) is 0 Å². The van der Waals surface area contributed by atoms with Crippen LogP contribution < -0.4 is 5.69 Å². The third-order valence-corrected chi connectivity index (χ3v) is 4.33. The molecule has 22 heavy (non-hydrogen) atoms. The van der Waals surface area contributed by atoms with Crippen LogP contribution in [0.5, 0.6) is 0 Å². The molecule has 0 aliphatic rings. The van der Waals surface area contributed by atoms with E-state index in [1.54, 1.807) is 22.1 Å².